The average Bonchev–Trinajstić information content (AvgIpc) is 4.23. The number of hydrogen-bond acceptors (Lipinski definition) is 15. The average molecular weight is 979 g/mol. The van der Waals surface area contributed by atoms with Crippen LogP contribution in [0.3, 0.4) is 0 Å². The summed E-state index contributed by atoms with van der Waals surface area (Å²) < 4.78 is 5.45. The maximum Gasteiger partial charge on any atom is 0.181 e. The molecule has 75 heavy (non-hydrogen) atoms. The van der Waals surface area contributed by atoms with Crippen LogP contribution >= 0.6 is 0 Å². The molecule has 0 spiro atoms. The van der Waals surface area contributed by atoms with E-state index in [1.807, 2.05) is 173 Å². The lowest BCUT2D eigenvalue weighted by Gasteiger charge is -2.00. The molecule has 0 aliphatic heterocycles. The highest BCUT2D eigenvalue weighted by Gasteiger charge is 2.12. The molecule has 0 aliphatic rings. The molecule has 0 saturated carbocycles. The van der Waals surface area contributed by atoms with Gasteiger partial charge in [-0.15, -0.1) is 0 Å². The molecule has 0 saturated heterocycles. The van der Waals surface area contributed by atoms with E-state index in [1.165, 1.54) is 0 Å². The minimum Gasteiger partial charge on any atom is -0.256 e. The van der Waals surface area contributed by atoms with Gasteiger partial charge in [0.25, 0.3) is 0 Å². The Labute approximate surface area is 426 Å². The summed E-state index contributed by atoms with van der Waals surface area (Å²) in [5.74, 6) is 2.38. The zero-order valence-corrected chi connectivity index (χ0v) is 40.1. The van der Waals surface area contributed by atoms with Gasteiger partial charge in [-0.05, 0) is 110 Å². The van der Waals surface area contributed by atoms with E-state index in [-0.39, 0.29) is 0 Å². The van der Waals surface area contributed by atoms with Gasteiger partial charge in [-0.25, -0.2) is 43.5 Å². The number of benzene rings is 3. The third kappa shape index (κ3) is 9.41. The lowest BCUT2D eigenvalue weighted by Crippen LogP contribution is -1.98. The first-order valence-corrected chi connectivity index (χ1v) is 24.5. The molecule has 18 nitrogen and oxygen atoms in total. The van der Waals surface area contributed by atoms with E-state index in [0.717, 1.165) is 150 Å². The summed E-state index contributed by atoms with van der Waals surface area (Å²) >= 11 is 0. The third-order valence-corrected chi connectivity index (χ3v) is 12.7. The largest absolute Gasteiger partial charge is 0.256 e. The molecule has 12 aromatic heterocycles. The molecule has 0 radical (unpaired) electrons. The molecule has 0 aliphatic carbocycles. The topological polar surface area (TPSA) is 207 Å². The number of aromatic nitrogens is 18. The SMILES string of the molecule is c1ccc2nc(CCc3nc4c5cccnc5ccn4n3)cnc2c1.c1ccc2nc(CCc3nc4ccc5ncccc5n4n3)cnc2c1.c1cnc2c(c1)ccn1nc(CCc3cnc4ccccc4n3)nc21. The van der Waals surface area contributed by atoms with Crippen molar-refractivity contribution < 1.29 is 0 Å². The third-order valence-electron chi connectivity index (χ3n) is 12.7. The van der Waals surface area contributed by atoms with Crippen molar-refractivity contribution in [2.75, 3.05) is 0 Å². The monoisotopic (exact) mass is 978 g/mol. The lowest BCUT2D eigenvalue weighted by molar-refractivity contribution is 0.820. The maximum atomic E-state index is 4.68. The van der Waals surface area contributed by atoms with E-state index < -0.39 is 0 Å². The minimum atomic E-state index is 0.711. The van der Waals surface area contributed by atoms with Gasteiger partial charge in [0.15, 0.2) is 34.4 Å². The molecule has 12 heterocycles. The standard InChI is InChI=1S/3C19H14N6/c1-2-6-17-16(5-1)21-12-13(22-17)7-8-18-23-19-14-4-3-10-20-15(14)9-11-25(19)24-18;1-2-6-16-15(5-1)21-12-14(22-16)7-8-17-23-19-18-13(4-3-10-20-18)9-11-25(19)24-17;1-2-5-15-14(4-1)21-12-13(22-15)7-9-18-23-19-10-8-16-17(25(19)24-18)6-3-11-20-16/h2*1-6,9-12H,7-8H2;1-6,8,10-12H,7,9H2. The van der Waals surface area contributed by atoms with Crippen LogP contribution in [0.1, 0.15) is 34.6 Å². The molecule has 3 aromatic carbocycles. The van der Waals surface area contributed by atoms with Crippen LogP contribution in [0.25, 0.3) is 82.9 Å². The van der Waals surface area contributed by atoms with E-state index in [1.54, 1.807) is 23.1 Å². The molecule has 0 atom stereocenters. The molecular formula is C57H42N18. The van der Waals surface area contributed by atoms with Gasteiger partial charge >= 0.3 is 0 Å². The Morgan fingerprint density at radius 2 is 0.840 bits per heavy atom. The molecule has 0 N–H and O–H groups in total. The van der Waals surface area contributed by atoms with Crippen molar-refractivity contribution in [2.24, 2.45) is 0 Å². The van der Waals surface area contributed by atoms with E-state index in [2.05, 4.69) is 75.1 Å². The summed E-state index contributed by atoms with van der Waals surface area (Å²) in [5.41, 5.74) is 14.5. The Morgan fingerprint density at radius 3 is 1.47 bits per heavy atom. The number of para-hydroxylation sites is 6. The molecule has 18 heteroatoms. The Morgan fingerprint density at radius 1 is 0.333 bits per heavy atom. The fraction of sp³-hybridized carbons (Fsp3) is 0.105. The van der Waals surface area contributed by atoms with Crippen LogP contribution in [-0.2, 0) is 38.5 Å². The Balaban J connectivity index is 0.000000108. The van der Waals surface area contributed by atoms with Crippen molar-refractivity contribution in [1.82, 2.24) is 88.6 Å². The van der Waals surface area contributed by atoms with Crippen LogP contribution in [0.4, 0.5) is 0 Å². The highest BCUT2D eigenvalue weighted by molar-refractivity contribution is 5.91. The zero-order valence-electron chi connectivity index (χ0n) is 40.1. The number of nitrogens with zero attached hydrogens (tertiary/aromatic N) is 18. The van der Waals surface area contributed by atoms with Gasteiger partial charge in [0.2, 0.25) is 0 Å². The molecule has 0 bridgehead atoms. The predicted octanol–water partition coefficient (Wildman–Crippen LogP) is 9.02. The number of hydrogen-bond donors (Lipinski definition) is 0. The Hall–Kier alpha value is -10.2. The van der Waals surface area contributed by atoms with Gasteiger partial charge in [0.05, 0.1) is 66.7 Å². The van der Waals surface area contributed by atoms with Gasteiger partial charge in [0.1, 0.15) is 5.52 Å². The van der Waals surface area contributed by atoms with Crippen molar-refractivity contribution >= 4 is 82.9 Å². The van der Waals surface area contributed by atoms with Gasteiger partial charge in [-0.2, -0.15) is 15.3 Å². The van der Waals surface area contributed by atoms with Crippen LogP contribution < -0.4 is 0 Å². The fourth-order valence-electron chi connectivity index (χ4n) is 8.97. The smallest absolute Gasteiger partial charge is 0.181 e. The highest BCUT2D eigenvalue weighted by Crippen LogP contribution is 2.20. The first-order chi connectivity index (χ1) is 37.1. The lowest BCUT2D eigenvalue weighted by atomic mass is 10.2. The molecule has 0 unspecified atom stereocenters. The van der Waals surface area contributed by atoms with Crippen LogP contribution in [0, 0.1) is 0 Å². The van der Waals surface area contributed by atoms with Gasteiger partial charge in [-0.3, -0.25) is 29.9 Å². The second-order valence-electron chi connectivity index (χ2n) is 17.7. The normalized spacial score (nSPS) is 11.5. The summed E-state index contributed by atoms with van der Waals surface area (Å²) in [6.45, 7) is 0. The van der Waals surface area contributed by atoms with Crippen molar-refractivity contribution in [1.29, 1.82) is 0 Å². The Bertz CT molecular complexity index is 4090. The molecular weight excluding hydrogens is 937 g/mol. The van der Waals surface area contributed by atoms with E-state index >= 15 is 0 Å². The summed E-state index contributed by atoms with van der Waals surface area (Å²) in [5, 5.41) is 15.8. The molecule has 360 valence electrons. The van der Waals surface area contributed by atoms with Crippen LogP contribution in [0.5, 0.6) is 0 Å². The number of pyridine rings is 6. The summed E-state index contributed by atoms with van der Waals surface area (Å²) in [6.07, 6.45) is 19.1. The quantitative estimate of drug-likeness (QED) is 0.132. The second kappa shape index (κ2) is 19.8. The number of fused-ring (bicyclic) bond motifs is 12. The van der Waals surface area contributed by atoms with Gasteiger partial charge in [-0.1, -0.05) is 42.5 Å². The highest BCUT2D eigenvalue weighted by atomic mass is 15.3. The van der Waals surface area contributed by atoms with Crippen molar-refractivity contribution in [2.45, 2.75) is 38.5 Å². The summed E-state index contributed by atoms with van der Waals surface area (Å²) in [4.78, 5) is 54.5. The first-order valence-electron chi connectivity index (χ1n) is 24.5. The molecule has 0 fully saturated rings. The maximum absolute atomic E-state index is 4.68. The summed E-state index contributed by atoms with van der Waals surface area (Å²) in [7, 11) is 0. The van der Waals surface area contributed by atoms with Crippen LogP contribution in [-0.4, -0.2) is 88.6 Å². The minimum absolute atomic E-state index is 0.711. The van der Waals surface area contributed by atoms with Gasteiger partial charge < -0.3 is 0 Å². The molecule has 15 aromatic rings. The second-order valence-corrected chi connectivity index (χ2v) is 17.7. The number of rotatable bonds is 9. The van der Waals surface area contributed by atoms with Crippen LogP contribution in [0.2, 0.25) is 0 Å². The number of aryl methyl sites for hydroxylation is 6. The van der Waals surface area contributed by atoms with E-state index in [4.69, 9.17) is 0 Å². The molecule has 15 rings (SSSR count). The van der Waals surface area contributed by atoms with Crippen molar-refractivity contribution in [3.05, 3.63) is 218 Å². The van der Waals surface area contributed by atoms with Gasteiger partial charge in [0, 0.05) is 79.6 Å². The molecule has 0 amide bonds. The van der Waals surface area contributed by atoms with E-state index in [0.29, 0.717) is 6.42 Å². The summed E-state index contributed by atoms with van der Waals surface area (Å²) in [6, 6.07) is 43.3. The zero-order chi connectivity index (χ0) is 49.9. The fourth-order valence-corrected chi connectivity index (χ4v) is 8.97. The first kappa shape index (κ1) is 44.7. The van der Waals surface area contributed by atoms with Crippen LogP contribution in [0.15, 0.2) is 183 Å². The Kier molecular flexibility index (Phi) is 11.8. The van der Waals surface area contributed by atoms with Crippen molar-refractivity contribution in [3.8, 4) is 0 Å². The van der Waals surface area contributed by atoms with Crippen molar-refractivity contribution in [3.63, 3.8) is 0 Å². The predicted molar refractivity (Wildman–Crippen MR) is 286 cm³/mol. The van der Waals surface area contributed by atoms with E-state index in [9.17, 15) is 0 Å².